The van der Waals surface area contributed by atoms with Crippen molar-refractivity contribution in [2.24, 2.45) is 4.99 Å². The molecule has 0 aliphatic carbocycles. The van der Waals surface area contributed by atoms with E-state index in [0.29, 0.717) is 0 Å². The lowest BCUT2D eigenvalue weighted by atomic mass is 9.92. The normalized spacial score (nSPS) is 14.5. The van der Waals surface area contributed by atoms with Crippen molar-refractivity contribution in [3.63, 3.8) is 0 Å². The van der Waals surface area contributed by atoms with Crippen LogP contribution in [0.2, 0.25) is 0 Å². The van der Waals surface area contributed by atoms with Crippen LogP contribution in [0.15, 0.2) is 197 Å². The van der Waals surface area contributed by atoms with E-state index in [1.54, 1.807) is 0 Å². The molecule has 0 saturated heterocycles. The molecule has 1 aliphatic heterocycles. The van der Waals surface area contributed by atoms with Crippen LogP contribution in [0, 0.1) is 0 Å². The molecule has 0 saturated carbocycles. The summed E-state index contributed by atoms with van der Waals surface area (Å²) in [5.74, 6) is 0.843. The number of aromatic nitrogens is 1. The quantitative estimate of drug-likeness (QED) is 0.195. The number of nitrogens with one attached hydrogen (secondary N) is 1. The number of nitrogens with zero attached hydrogens (tertiary/aromatic N) is 2. The minimum absolute atomic E-state index is 0.119. The summed E-state index contributed by atoms with van der Waals surface area (Å²) in [5.41, 5.74) is 11.9. The van der Waals surface area contributed by atoms with E-state index in [-0.39, 0.29) is 6.04 Å². The van der Waals surface area contributed by atoms with E-state index in [1.807, 2.05) is 18.2 Å². The van der Waals surface area contributed by atoms with Crippen molar-refractivity contribution >= 4 is 66.0 Å². The molecule has 4 nitrogen and oxygen atoms in total. The Morgan fingerprint density at radius 1 is 0.463 bits per heavy atom. The Kier molecular flexibility index (Phi) is 6.89. The number of aliphatic imine (C=N–C) groups is 1. The van der Waals surface area contributed by atoms with Gasteiger partial charge in [-0.3, -0.25) is 0 Å². The van der Waals surface area contributed by atoms with Gasteiger partial charge in [-0.25, -0.2) is 4.99 Å². The maximum Gasteiger partial charge on any atom is 0.135 e. The van der Waals surface area contributed by atoms with Gasteiger partial charge in [-0.15, -0.1) is 0 Å². The highest BCUT2D eigenvalue weighted by atomic mass is 16.3. The maximum absolute atomic E-state index is 6.32. The highest BCUT2D eigenvalue weighted by molar-refractivity contribution is 6.12. The number of fused-ring (bicyclic) bond motifs is 7. The molecule has 1 atom stereocenters. The zero-order valence-corrected chi connectivity index (χ0v) is 29.3. The third-order valence-electron chi connectivity index (χ3n) is 10.9. The van der Waals surface area contributed by atoms with Gasteiger partial charge in [0.2, 0.25) is 0 Å². The lowest BCUT2D eigenvalue weighted by Gasteiger charge is -2.25. The zero-order valence-electron chi connectivity index (χ0n) is 29.3. The summed E-state index contributed by atoms with van der Waals surface area (Å²) in [4.78, 5) is 5.30. The Balaban J connectivity index is 1.07. The van der Waals surface area contributed by atoms with E-state index in [0.717, 1.165) is 61.2 Å². The molecule has 0 bridgehead atoms. The molecule has 1 aliphatic rings. The van der Waals surface area contributed by atoms with Crippen LogP contribution in [-0.2, 0) is 0 Å². The van der Waals surface area contributed by atoms with E-state index < -0.39 is 0 Å². The van der Waals surface area contributed by atoms with E-state index in [2.05, 4.69) is 180 Å². The van der Waals surface area contributed by atoms with Gasteiger partial charge in [-0.05, 0) is 69.9 Å². The van der Waals surface area contributed by atoms with Crippen molar-refractivity contribution in [3.8, 4) is 16.8 Å². The summed E-state index contributed by atoms with van der Waals surface area (Å²) < 4.78 is 8.70. The first kappa shape index (κ1) is 30.5. The van der Waals surface area contributed by atoms with Crippen LogP contribution in [0.5, 0.6) is 0 Å². The molecule has 8 aromatic carbocycles. The first-order valence-electron chi connectivity index (χ1n) is 18.4. The smallest absolute Gasteiger partial charge is 0.135 e. The SMILES string of the molecule is C1=C(c2ccc(-c3ccc4c5ccccc5n(-c5ccccc5)c4c3)c3ccccc23)N=C(c2ccccc2)NC1c1ccc2c(c1)oc1ccccc12. The minimum atomic E-state index is -0.119. The fourth-order valence-electron chi connectivity index (χ4n) is 8.31. The fraction of sp³-hybridized carbons (Fsp3) is 0.0200. The summed E-state index contributed by atoms with van der Waals surface area (Å²) in [6.45, 7) is 0. The molecule has 2 aromatic heterocycles. The van der Waals surface area contributed by atoms with Crippen LogP contribution in [0.4, 0.5) is 0 Å². The minimum Gasteiger partial charge on any atom is -0.456 e. The standard InChI is InChI=1S/C50H33N3O/c1-3-13-32(14-4-1)50-51-44(34-24-26-43-42-20-10-12-22-48(42)54-49(43)30-34)31-45(52-50)39-28-27-36(37-17-7-8-18-38(37)39)33-23-25-41-40-19-9-11-21-46(40)53(47(41)29-33)35-15-5-2-6-16-35/h1-31,44H,(H,51,52). The number of furan rings is 1. The number of rotatable bonds is 5. The largest absolute Gasteiger partial charge is 0.456 e. The molecular weight excluding hydrogens is 659 g/mol. The van der Waals surface area contributed by atoms with Gasteiger partial charge in [0.15, 0.2) is 0 Å². The highest BCUT2D eigenvalue weighted by Gasteiger charge is 2.23. The average Bonchev–Trinajstić information content (AvgIpc) is 3.79. The second-order valence-corrected chi connectivity index (χ2v) is 14.0. The summed E-state index contributed by atoms with van der Waals surface area (Å²) in [6, 6.07) is 64.5. The monoisotopic (exact) mass is 691 g/mol. The third-order valence-corrected chi connectivity index (χ3v) is 10.9. The predicted molar refractivity (Wildman–Crippen MR) is 224 cm³/mol. The number of para-hydroxylation sites is 3. The van der Waals surface area contributed by atoms with Crippen LogP contribution in [0.25, 0.3) is 77.0 Å². The van der Waals surface area contributed by atoms with Gasteiger partial charge in [0.05, 0.1) is 22.8 Å². The van der Waals surface area contributed by atoms with Gasteiger partial charge in [-0.2, -0.15) is 0 Å². The highest BCUT2D eigenvalue weighted by Crippen LogP contribution is 2.40. The molecule has 1 unspecified atom stereocenters. The first-order valence-corrected chi connectivity index (χ1v) is 18.4. The second-order valence-electron chi connectivity index (χ2n) is 14.0. The molecule has 11 rings (SSSR count). The van der Waals surface area contributed by atoms with Gasteiger partial charge in [0, 0.05) is 38.4 Å². The summed E-state index contributed by atoms with van der Waals surface area (Å²) in [5, 5.41) is 10.8. The lowest BCUT2D eigenvalue weighted by Crippen LogP contribution is -2.31. The molecule has 0 spiro atoms. The molecule has 3 heterocycles. The average molecular weight is 692 g/mol. The Bertz CT molecular complexity index is 3130. The molecule has 254 valence electrons. The van der Waals surface area contributed by atoms with Gasteiger partial charge in [-0.1, -0.05) is 146 Å². The van der Waals surface area contributed by atoms with Crippen LogP contribution in [0.1, 0.15) is 22.7 Å². The Morgan fingerprint density at radius 2 is 1.09 bits per heavy atom. The molecule has 0 fully saturated rings. The van der Waals surface area contributed by atoms with E-state index in [4.69, 9.17) is 9.41 Å². The van der Waals surface area contributed by atoms with E-state index >= 15 is 0 Å². The molecular formula is C50H33N3O. The number of hydrogen-bond acceptors (Lipinski definition) is 3. The summed E-state index contributed by atoms with van der Waals surface area (Å²) in [7, 11) is 0. The lowest BCUT2D eigenvalue weighted by molar-refractivity contribution is 0.666. The molecule has 10 aromatic rings. The van der Waals surface area contributed by atoms with Crippen molar-refractivity contribution in [2.75, 3.05) is 0 Å². The van der Waals surface area contributed by atoms with Crippen molar-refractivity contribution in [2.45, 2.75) is 6.04 Å². The number of hydrogen-bond donors (Lipinski definition) is 1. The number of benzene rings is 8. The summed E-state index contributed by atoms with van der Waals surface area (Å²) in [6.07, 6.45) is 2.25. The van der Waals surface area contributed by atoms with Crippen molar-refractivity contribution < 1.29 is 4.42 Å². The molecule has 0 amide bonds. The van der Waals surface area contributed by atoms with E-state index in [9.17, 15) is 0 Å². The topological polar surface area (TPSA) is 42.5 Å². The molecule has 1 N–H and O–H groups in total. The third kappa shape index (κ3) is 4.88. The predicted octanol–water partition coefficient (Wildman–Crippen LogP) is 12.6. The second kappa shape index (κ2) is 12.2. The first-order chi connectivity index (χ1) is 26.8. The van der Waals surface area contributed by atoms with Gasteiger partial charge < -0.3 is 14.3 Å². The van der Waals surface area contributed by atoms with Crippen LogP contribution >= 0.6 is 0 Å². The Morgan fingerprint density at radius 3 is 1.93 bits per heavy atom. The molecule has 54 heavy (non-hydrogen) atoms. The van der Waals surface area contributed by atoms with Gasteiger partial charge in [0.1, 0.15) is 17.0 Å². The summed E-state index contributed by atoms with van der Waals surface area (Å²) >= 11 is 0. The van der Waals surface area contributed by atoms with Gasteiger partial charge in [0.25, 0.3) is 0 Å². The zero-order chi connectivity index (χ0) is 35.6. The fourth-order valence-corrected chi connectivity index (χ4v) is 8.31. The van der Waals surface area contributed by atoms with Crippen molar-refractivity contribution in [1.29, 1.82) is 0 Å². The Hall–Kier alpha value is -7.17. The Labute approximate surface area is 311 Å². The van der Waals surface area contributed by atoms with Crippen LogP contribution < -0.4 is 5.32 Å². The number of amidine groups is 1. The van der Waals surface area contributed by atoms with Crippen LogP contribution in [-0.4, -0.2) is 10.4 Å². The van der Waals surface area contributed by atoms with Crippen LogP contribution in [0.3, 0.4) is 0 Å². The van der Waals surface area contributed by atoms with E-state index in [1.165, 1.54) is 38.3 Å². The molecule has 0 radical (unpaired) electrons. The van der Waals surface area contributed by atoms with Crippen molar-refractivity contribution in [1.82, 2.24) is 9.88 Å². The van der Waals surface area contributed by atoms with Crippen molar-refractivity contribution in [3.05, 3.63) is 205 Å². The molecule has 4 heteroatoms. The van der Waals surface area contributed by atoms with Gasteiger partial charge >= 0.3 is 0 Å². The maximum atomic E-state index is 6.32.